The zero-order chi connectivity index (χ0) is 12.2. The van der Waals surface area contributed by atoms with Gasteiger partial charge in [-0.1, -0.05) is 43.2 Å². The second kappa shape index (κ2) is 5.17. The van der Waals surface area contributed by atoms with E-state index < -0.39 is 0 Å². The van der Waals surface area contributed by atoms with Crippen LogP contribution in [0.15, 0.2) is 42.7 Å². The molecule has 1 aliphatic rings. The van der Waals surface area contributed by atoms with Crippen molar-refractivity contribution in [1.29, 1.82) is 0 Å². The number of rotatable bonds is 3. The molecule has 92 valence electrons. The van der Waals surface area contributed by atoms with Crippen LogP contribution in [0, 0.1) is 0 Å². The van der Waals surface area contributed by atoms with Crippen molar-refractivity contribution in [2.24, 2.45) is 0 Å². The van der Waals surface area contributed by atoms with Crippen LogP contribution in [0.25, 0.3) is 11.3 Å². The zero-order valence-corrected chi connectivity index (χ0v) is 10.3. The summed E-state index contributed by atoms with van der Waals surface area (Å²) in [5.74, 6) is 0.941. The Bertz CT molecular complexity index is 504. The summed E-state index contributed by atoms with van der Waals surface area (Å²) < 4.78 is 0. The first-order valence-electron chi connectivity index (χ1n) is 6.56. The Morgan fingerprint density at radius 1 is 1.00 bits per heavy atom. The average molecular weight is 239 g/mol. The van der Waals surface area contributed by atoms with Crippen LogP contribution in [0.2, 0.25) is 0 Å². The maximum Gasteiger partial charge on any atom is 0.130 e. The second-order valence-corrected chi connectivity index (χ2v) is 4.78. The number of hydrogen-bond acceptors (Lipinski definition) is 3. The SMILES string of the molecule is c1ccc(-c2cc(NC3CCCC3)ncn2)cc1. The summed E-state index contributed by atoms with van der Waals surface area (Å²) in [6.45, 7) is 0. The van der Waals surface area contributed by atoms with Gasteiger partial charge >= 0.3 is 0 Å². The van der Waals surface area contributed by atoms with E-state index in [0.29, 0.717) is 6.04 Å². The van der Waals surface area contributed by atoms with Crippen molar-refractivity contribution in [3.63, 3.8) is 0 Å². The Labute approximate surface area is 107 Å². The van der Waals surface area contributed by atoms with Crippen molar-refractivity contribution in [3.05, 3.63) is 42.7 Å². The molecule has 18 heavy (non-hydrogen) atoms. The topological polar surface area (TPSA) is 37.8 Å². The van der Waals surface area contributed by atoms with Crippen LogP contribution in [0.5, 0.6) is 0 Å². The molecule has 3 rings (SSSR count). The molecule has 3 heteroatoms. The molecule has 3 nitrogen and oxygen atoms in total. The summed E-state index contributed by atoms with van der Waals surface area (Å²) >= 11 is 0. The van der Waals surface area contributed by atoms with Crippen LogP contribution in [0.1, 0.15) is 25.7 Å². The number of nitrogens with zero attached hydrogens (tertiary/aromatic N) is 2. The predicted molar refractivity (Wildman–Crippen MR) is 73.3 cm³/mol. The highest BCUT2D eigenvalue weighted by atomic mass is 15.0. The van der Waals surface area contributed by atoms with Crippen LogP contribution in [0.4, 0.5) is 5.82 Å². The fraction of sp³-hybridized carbons (Fsp3) is 0.333. The molecule has 1 fully saturated rings. The van der Waals surface area contributed by atoms with Crippen molar-refractivity contribution in [3.8, 4) is 11.3 Å². The molecule has 0 aliphatic heterocycles. The van der Waals surface area contributed by atoms with Gasteiger partial charge in [0.05, 0.1) is 5.69 Å². The Morgan fingerprint density at radius 3 is 2.56 bits per heavy atom. The maximum atomic E-state index is 4.33. The fourth-order valence-corrected chi connectivity index (χ4v) is 2.48. The predicted octanol–water partition coefficient (Wildman–Crippen LogP) is 3.50. The van der Waals surface area contributed by atoms with Gasteiger partial charge in [-0.15, -0.1) is 0 Å². The highest BCUT2D eigenvalue weighted by molar-refractivity contribution is 5.61. The summed E-state index contributed by atoms with van der Waals surface area (Å²) in [4.78, 5) is 8.64. The zero-order valence-electron chi connectivity index (χ0n) is 10.3. The fourth-order valence-electron chi connectivity index (χ4n) is 2.48. The maximum absolute atomic E-state index is 4.33. The summed E-state index contributed by atoms with van der Waals surface area (Å²) in [7, 11) is 0. The summed E-state index contributed by atoms with van der Waals surface area (Å²) in [6, 6.07) is 12.8. The highest BCUT2D eigenvalue weighted by Crippen LogP contribution is 2.23. The molecule has 1 N–H and O–H groups in total. The van der Waals surface area contributed by atoms with Crippen LogP contribution < -0.4 is 5.32 Å². The van der Waals surface area contributed by atoms with E-state index in [1.165, 1.54) is 25.7 Å². The lowest BCUT2D eigenvalue weighted by Crippen LogP contribution is -2.15. The Kier molecular flexibility index (Phi) is 3.22. The van der Waals surface area contributed by atoms with Gasteiger partial charge in [0.15, 0.2) is 0 Å². The molecule has 0 bridgehead atoms. The minimum absolute atomic E-state index is 0.587. The minimum Gasteiger partial charge on any atom is -0.367 e. The average Bonchev–Trinajstić information content (AvgIpc) is 2.93. The number of anilines is 1. The Hall–Kier alpha value is -1.90. The molecule has 0 saturated heterocycles. The summed E-state index contributed by atoms with van der Waals surface area (Å²) in [6.07, 6.45) is 6.80. The van der Waals surface area contributed by atoms with E-state index in [0.717, 1.165) is 17.1 Å². The molecule has 2 aromatic rings. The minimum atomic E-state index is 0.587. The van der Waals surface area contributed by atoms with Crippen molar-refractivity contribution in [2.75, 3.05) is 5.32 Å². The summed E-state index contributed by atoms with van der Waals surface area (Å²) in [5.41, 5.74) is 2.11. The standard InChI is InChI=1S/C15H17N3/c1-2-6-12(7-3-1)14-10-15(17-11-16-14)18-13-8-4-5-9-13/h1-3,6-7,10-11,13H,4-5,8-9H2,(H,16,17,18). The Morgan fingerprint density at radius 2 is 1.78 bits per heavy atom. The summed E-state index contributed by atoms with van der Waals surface area (Å²) in [5, 5.41) is 3.50. The first-order valence-corrected chi connectivity index (χ1v) is 6.56. The molecule has 0 atom stereocenters. The molecule has 0 amide bonds. The lowest BCUT2D eigenvalue weighted by molar-refractivity contribution is 0.750. The van der Waals surface area contributed by atoms with E-state index in [9.17, 15) is 0 Å². The lowest BCUT2D eigenvalue weighted by atomic mass is 10.1. The van der Waals surface area contributed by atoms with Gasteiger partial charge in [-0.3, -0.25) is 0 Å². The molecular weight excluding hydrogens is 222 g/mol. The third-order valence-corrected chi connectivity index (χ3v) is 3.44. The van der Waals surface area contributed by atoms with Crippen molar-refractivity contribution in [1.82, 2.24) is 9.97 Å². The smallest absolute Gasteiger partial charge is 0.130 e. The van der Waals surface area contributed by atoms with E-state index in [1.54, 1.807) is 6.33 Å². The van der Waals surface area contributed by atoms with Gasteiger partial charge in [0.2, 0.25) is 0 Å². The normalized spacial score (nSPS) is 15.8. The van der Waals surface area contributed by atoms with Crippen LogP contribution in [-0.2, 0) is 0 Å². The number of hydrogen-bond donors (Lipinski definition) is 1. The van der Waals surface area contributed by atoms with Crippen molar-refractivity contribution in [2.45, 2.75) is 31.7 Å². The van der Waals surface area contributed by atoms with Crippen molar-refractivity contribution >= 4 is 5.82 Å². The number of aromatic nitrogens is 2. The van der Waals surface area contributed by atoms with Gasteiger partial charge in [-0.05, 0) is 12.8 Å². The van der Waals surface area contributed by atoms with Crippen LogP contribution in [0.3, 0.4) is 0 Å². The first kappa shape index (κ1) is 11.2. The van der Waals surface area contributed by atoms with Gasteiger partial charge in [0.1, 0.15) is 12.1 Å². The second-order valence-electron chi connectivity index (χ2n) is 4.78. The first-order chi connectivity index (χ1) is 8.92. The number of nitrogens with one attached hydrogen (secondary N) is 1. The molecule has 0 radical (unpaired) electrons. The molecule has 1 saturated carbocycles. The molecule has 1 aliphatic carbocycles. The third kappa shape index (κ3) is 2.50. The van der Waals surface area contributed by atoms with Crippen molar-refractivity contribution < 1.29 is 0 Å². The van der Waals surface area contributed by atoms with Crippen LogP contribution >= 0.6 is 0 Å². The molecule has 1 heterocycles. The molecule has 1 aromatic carbocycles. The van der Waals surface area contributed by atoms with Gasteiger partial charge in [0, 0.05) is 17.7 Å². The van der Waals surface area contributed by atoms with E-state index in [4.69, 9.17) is 0 Å². The van der Waals surface area contributed by atoms with E-state index in [-0.39, 0.29) is 0 Å². The van der Waals surface area contributed by atoms with Gasteiger partial charge in [-0.2, -0.15) is 0 Å². The highest BCUT2D eigenvalue weighted by Gasteiger charge is 2.15. The van der Waals surface area contributed by atoms with Gasteiger partial charge in [-0.25, -0.2) is 9.97 Å². The van der Waals surface area contributed by atoms with E-state index in [2.05, 4.69) is 27.4 Å². The monoisotopic (exact) mass is 239 g/mol. The van der Waals surface area contributed by atoms with Crippen LogP contribution in [-0.4, -0.2) is 16.0 Å². The quantitative estimate of drug-likeness (QED) is 0.890. The molecule has 0 unspecified atom stereocenters. The van der Waals surface area contributed by atoms with Gasteiger partial charge in [0.25, 0.3) is 0 Å². The van der Waals surface area contributed by atoms with E-state index in [1.807, 2.05) is 24.3 Å². The molecule has 1 aromatic heterocycles. The lowest BCUT2D eigenvalue weighted by Gasteiger charge is -2.12. The largest absolute Gasteiger partial charge is 0.367 e. The Balaban J connectivity index is 1.80. The van der Waals surface area contributed by atoms with Gasteiger partial charge < -0.3 is 5.32 Å². The molecule has 0 spiro atoms. The number of benzene rings is 1. The van der Waals surface area contributed by atoms with E-state index >= 15 is 0 Å². The third-order valence-electron chi connectivity index (χ3n) is 3.44. The molecular formula is C15H17N3.